The summed E-state index contributed by atoms with van der Waals surface area (Å²) >= 11 is 1.93. The van der Waals surface area contributed by atoms with Crippen LogP contribution in [0.5, 0.6) is 0 Å². The average Bonchev–Trinajstić information content (AvgIpc) is 3.16. The van der Waals surface area contributed by atoms with Gasteiger partial charge in [0.15, 0.2) is 0 Å². The van der Waals surface area contributed by atoms with Crippen molar-refractivity contribution in [3.05, 3.63) is 22.8 Å². The number of nitrogens with one attached hydrogen (secondary N) is 1. The van der Waals surface area contributed by atoms with Gasteiger partial charge in [-0.3, -0.25) is 0 Å². The van der Waals surface area contributed by atoms with E-state index < -0.39 is 0 Å². The van der Waals surface area contributed by atoms with Crippen LogP contribution in [0.1, 0.15) is 49.5 Å². The lowest BCUT2D eigenvalue weighted by atomic mass is 10.1. The van der Waals surface area contributed by atoms with Crippen LogP contribution in [0.25, 0.3) is 0 Å². The molecule has 1 N–H and O–H groups in total. The Kier molecular flexibility index (Phi) is 5.85. The molecule has 1 heterocycles. The zero-order valence-electron chi connectivity index (χ0n) is 13.2. The topological polar surface area (TPSA) is 37.8 Å². The lowest BCUT2D eigenvalue weighted by Gasteiger charge is -2.11. The Balaban J connectivity index is 1.88. The van der Waals surface area contributed by atoms with Gasteiger partial charge in [-0.1, -0.05) is 13.8 Å². The normalized spacial score (nSPS) is 15.1. The molecule has 0 atom stereocenters. The molecule has 0 unspecified atom stereocenters. The van der Waals surface area contributed by atoms with Crippen LogP contribution in [0.3, 0.4) is 0 Å². The predicted molar refractivity (Wildman–Crippen MR) is 87.2 cm³/mol. The molecule has 1 fully saturated rings. The van der Waals surface area contributed by atoms with Crippen molar-refractivity contribution in [1.82, 2.24) is 15.3 Å². The summed E-state index contributed by atoms with van der Waals surface area (Å²) in [5.41, 5.74) is 3.65. The first kappa shape index (κ1) is 15.8. The monoisotopic (exact) mass is 293 g/mol. The number of aryl methyl sites for hydroxylation is 2. The van der Waals surface area contributed by atoms with Gasteiger partial charge in [-0.25, -0.2) is 9.97 Å². The Morgan fingerprint density at radius 2 is 1.85 bits per heavy atom. The summed E-state index contributed by atoms with van der Waals surface area (Å²) < 4.78 is 0. The zero-order valence-corrected chi connectivity index (χ0v) is 14.0. The van der Waals surface area contributed by atoms with Gasteiger partial charge in [0.2, 0.25) is 0 Å². The van der Waals surface area contributed by atoms with Gasteiger partial charge in [0.25, 0.3) is 0 Å². The van der Waals surface area contributed by atoms with Gasteiger partial charge in [-0.2, -0.15) is 11.8 Å². The molecule has 0 radical (unpaired) electrons. The van der Waals surface area contributed by atoms with E-state index in [2.05, 4.69) is 43.0 Å². The van der Waals surface area contributed by atoms with E-state index in [1.165, 1.54) is 24.2 Å². The maximum atomic E-state index is 4.68. The number of hydrogen-bond acceptors (Lipinski definition) is 4. The molecule has 112 valence electrons. The quantitative estimate of drug-likeness (QED) is 0.798. The second kappa shape index (κ2) is 7.41. The molecular formula is C16H27N3S. The van der Waals surface area contributed by atoms with Crippen LogP contribution in [0.15, 0.2) is 0 Å². The molecule has 2 rings (SSSR count). The molecule has 4 heteroatoms. The molecule has 0 bridgehead atoms. The Hall–Kier alpha value is -0.610. The van der Waals surface area contributed by atoms with Crippen LogP contribution in [0, 0.1) is 19.8 Å². The highest BCUT2D eigenvalue weighted by molar-refractivity contribution is 7.98. The minimum Gasteiger partial charge on any atom is -0.314 e. The van der Waals surface area contributed by atoms with Gasteiger partial charge >= 0.3 is 0 Å². The third-order valence-corrected chi connectivity index (χ3v) is 4.90. The van der Waals surface area contributed by atoms with Gasteiger partial charge in [0.05, 0.1) is 5.75 Å². The average molecular weight is 293 g/mol. The van der Waals surface area contributed by atoms with E-state index in [9.17, 15) is 0 Å². The highest BCUT2D eigenvalue weighted by Crippen LogP contribution is 2.19. The Labute approximate surface area is 127 Å². The van der Waals surface area contributed by atoms with Gasteiger partial charge in [-0.05, 0) is 56.9 Å². The molecular weight excluding hydrogens is 266 g/mol. The van der Waals surface area contributed by atoms with E-state index in [4.69, 9.17) is 0 Å². The Morgan fingerprint density at radius 3 is 2.40 bits per heavy atom. The molecule has 1 saturated carbocycles. The van der Waals surface area contributed by atoms with Gasteiger partial charge in [-0.15, -0.1) is 0 Å². The van der Waals surface area contributed by atoms with Crippen molar-refractivity contribution < 1.29 is 0 Å². The highest BCUT2D eigenvalue weighted by Gasteiger charge is 2.20. The molecule has 0 amide bonds. The van der Waals surface area contributed by atoms with E-state index >= 15 is 0 Å². The standard InChI is InChI=1S/C16H27N3S/c1-11(2)9-20-10-16-18-12(3)15(13(4)19-16)7-8-17-14-5-6-14/h11,14,17H,5-10H2,1-4H3. The van der Waals surface area contributed by atoms with Crippen molar-refractivity contribution in [1.29, 1.82) is 0 Å². The smallest absolute Gasteiger partial charge is 0.138 e. The molecule has 1 aromatic heterocycles. The van der Waals surface area contributed by atoms with Gasteiger partial charge < -0.3 is 5.32 Å². The number of thioether (sulfide) groups is 1. The Morgan fingerprint density at radius 1 is 1.20 bits per heavy atom. The summed E-state index contributed by atoms with van der Waals surface area (Å²) in [6.07, 6.45) is 3.74. The molecule has 20 heavy (non-hydrogen) atoms. The molecule has 0 saturated heterocycles. The first-order chi connectivity index (χ1) is 9.56. The lowest BCUT2D eigenvalue weighted by Crippen LogP contribution is -2.20. The van der Waals surface area contributed by atoms with Crippen molar-refractivity contribution in [2.75, 3.05) is 12.3 Å². The van der Waals surface area contributed by atoms with E-state index in [-0.39, 0.29) is 0 Å². The SMILES string of the molecule is Cc1nc(CSCC(C)C)nc(C)c1CCNC1CC1. The second-order valence-electron chi connectivity index (χ2n) is 6.18. The van der Waals surface area contributed by atoms with Crippen LogP contribution in [-0.2, 0) is 12.2 Å². The summed E-state index contributed by atoms with van der Waals surface area (Å²) in [4.78, 5) is 9.37. The third-order valence-electron chi connectivity index (χ3n) is 3.53. The number of aromatic nitrogens is 2. The van der Waals surface area contributed by atoms with E-state index in [1.54, 1.807) is 0 Å². The zero-order chi connectivity index (χ0) is 14.5. The first-order valence-electron chi connectivity index (χ1n) is 7.70. The highest BCUT2D eigenvalue weighted by atomic mass is 32.2. The number of nitrogens with zero attached hydrogens (tertiary/aromatic N) is 2. The summed E-state index contributed by atoms with van der Waals surface area (Å²) in [6.45, 7) is 9.80. The van der Waals surface area contributed by atoms with Gasteiger partial charge in [0.1, 0.15) is 5.82 Å². The molecule has 3 nitrogen and oxygen atoms in total. The number of rotatable bonds is 8. The fourth-order valence-electron chi connectivity index (χ4n) is 2.31. The van der Waals surface area contributed by atoms with Crippen LogP contribution in [0.4, 0.5) is 0 Å². The Bertz CT molecular complexity index is 418. The maximum Gasteiger partial charge on any atom is 0.138 e. The first-order valence-corrected chi connectivity index (χ1v) is 8.86. The minimum atomic E-state index is 0.731. The van der Waals surface area contributed by atoms with Crippen LogP contribution >= 0.6 is 11.8 Å². The minimum absolute atomic E-state index is 0.731. The fraction of sp³-hybridized carbons (Fsp3) is 0.750. The van der Waals surface area contributed by atoms with Crippen molar-refractivity contribution >= 4 is 11.8 Å². The van der Waals surface area contributed by atoms with E-state index in [0.717, 1.165) is 47.9 Å². The third kappa shape index (κ3) is 5.06. The van der Waals surface area contributed by atoms with Gasteiger partial charge in [0, 0.05) is 17.4 Å². The van der Waals surface area contributed by atoms with Crippen LogP contribution in [0.2, 0.25) is 0 Å². The van der Waals surface area contributed by atoms with Crippen molar-refractivity contribution in [3.8, 4) is 0 Å². The molecule has 1 aromatic rings. The lowest BCUT2D eigenvalue weighted by molar-refractivity contribution is 0.674. The largest absolute Gasteiger partial charge is 0.314 e. The molecule has 0 spiro atoms. The molecule has 0 aromatic carbocycles. The summed E-state index contributed by atoms with van der Waals surface area (Å²) in [7, 11) is 0. The van der Waals surface area contributed by atoms with Crippen LogP contribution < -0.4 is 5.32 Å². The summed E-state index contributed by atoms with van der Waals surface area (Å²) in [5.74, 6) is 3.83. The van der Waals surface area contributed by atoms with Crippen molar-refractivity contribution in [2.24, 2.45) is 5.92 Å². The fourth-order valence-corrected chi connectivity index (χ4v) is 3.21. The van der Waals surface area contributed by atoms with Crippen molar-refractivity contribution in [3.63, 3.8) is 0 Å². The number of hydrogen-bond donors (Lipinski definition) is 1. The molecule has 1 aliphatic rings. The summed E-state index contributed by atoms with van der Waals surface area (Å²) in [5, 5.41) is 3.56. The van der Waals surface area contributed by atoms with Crippen LogP contribution in [-0.4, -0.2) is 28.3 Å². The predicted octanol–water partition coefficient (Wildman–Crippen LogP) is 3.28. The molecule has 0 aliphatic heterocycles. The maximum absolute atomic E-state index is 4.68. The molecule has 1 aliphatic carbocycles. The van der Waals surface area contributed by atoms with E-state index in [0.29, 0.717) is 0 Å². The van der Waals surface area contributed by atoms with Crippen molar-refractivity contribution in [2.45, 2.75) is 58.8 Å². The van der Waals surface area contributed by atoms with E-state index in [1.807, 2.05) is 11.8 Å². The summed E-state index contributed by atoms with van der Waals surface area (Å²) in [6, 6.07) is 0.781. The second-order valence-corrected chi connectivity index (χ2v) is 7.21.